The fraction of sp³-hybridized carbons (Fsp3) is 0.625. The van der Waals surface area contributed by atoms with Gasteiger partial charge in [0.15, 0.2) is 0 Å². The van der Waals surface area contributed by atoms with Crippen LogP contribution in [0, 0.1) is 0 Å². The minimum absolute atomic E-state index is 0.0244. The zero-order valence-electron chi connectivity index (χ0n) is 13.2. The van der Waals surface area contributed by atoms with Crippen LogP contribution in [0.2, 0.25) is 0 Å². The van der Waals surface area contributed by atoms with Crippen molar-refractivity contribution in [2.75, 3.05) is 31.1 Å². The quantitative estimate of drug-likeness (QED) is 0.860. The average Bonchev–Trinajstić information content (AvgIpc) is 2.56. The van der Waals surface area contributed by atoms with E-state index in [1.165, 1.54) is 0 Å². The molecule has 1 amide bonds. The number of hydrogen-bond donors (Lipinski definition) is 2. The lowest BCUT2D eigenvalue weighted by atomic mass is 10.1. The van der Waals surface area contributed by atoms with Crippen LogP contribution in [0.1, 0.15) is 26.2 Å². The molecule has 0 aromatic carbocycles. The van der Waals surface area contributed by atoms with E-state index in [4.69, 9.17) is 0 Å². The maximum Gasteiger partial charge on any atom is 0.223 e. The molecule has 22 heavy (non-hydrogen) atoms. The van der Waals surface area contributed by atoms with E-state index in [1.54, 1.807) is 0 Å². The standard InChI is InChI=1S/C16H25N5O/c1-2-5-13-12-15(22)19-16(18-13)21-10-8-20(9-11-21)14-6-3-4-7-17-14/h3-4,6-7,13,16,18H,2,5,8-12H2,1H3,(H,19,22). The third kappa shape index (κ3) is 3.56. The van der Waals surface area contributed by atoms with Gasteiger partial charge in [0.25, 0.3) is 0 Å². The molecule has 6 heteroatoms. The van der Waals surface area contributed by atoms with Crippen molar-refractivity contribution in [1.82, 2.24) is 20.5 Å². The third-order valence-electron chi connectivity index (χ3n) is 4.41. The van der Waals surface area contributed by atoms with Crippen LogP contribution in [0.5, 0.6) is 0 Å². The molecule has 0 spiro atoms. The first-order valence-corrected chi connectivity index (χ1v) is 8.21. The first-order valence-electron chi connectivity index (χ1n) is 8.21. The van der Waals surface area contributed by atoms with Gasteiger partial charge in [-0.05, 0) is 18.6 Å². The lowest BCUT2D eigenvalue weighted by molar-refractivity contribution is -0.127. The van der Waals surface area contributed by atoms with Crippen LogP contribution in [0.15, 0.2) is 24.4 Å². The fourth-order valence-corrected chi connectivity index (χ4v) is 3.24. The molecule has 3 rings (SSSR count). The van der Waals surface area contributed by atoms with Crippen molar-refractivity contribution in [3.63, 3.8) is 0 Å². The summed E-state index contributed by atoms with van der Waals surface area (Å²) in [4.78, 5) is 20.9. The number of amides is 1. The molecule has 2 saturated heterocycles. The van der Waals surface area contributed by atoms with Crippen molar-refractivity contribution in [2.45, 2.75) is 38.5 Å². The van der Waals surface area contributed by atoms with E-state index in [0.717, 1.165) is 44.8 Å². The van der Waals surface area contributed by atoms with E-state index in [0.29, 0.717) is 12.5 Å². The molecule has 2 N–H and O–H groups in total. The molecule has 0 bridgehead atoms. The van der Waals surface area contributed by atoms with Gasteiger partial charge in [-0.2, -0.15) is 0 Å². The second-order valence-corrected chi connectivity index (χ2v) is 6.04. The lowest BCUT2D eigenvalue weighted by Crippen LogP contribution is -2.66. The van der Waals surface area contributed by atoms with Gasteiger partial charge in [0.1, 0.15) is 12.1 Å². The smallest absolute Gasteiger partial charge is 0.223 e. The Balaban J connectivity index is 1.55. The summed E-state index contributed by atoms with van der Waals surface area (Å²) in [7, 11) is 0. The van der Waals surface area contributed by atoms with Crippen molar-refractivity contribution < 1.29 is 4.79 Å². The highest BCUT2D eigenvalue weighted by molar-refractivity contribution is 5.77. The number of hydrogen-bond acceptors (Lipinski definition) is 5. The number of nitrogens with zero attached hydrogens (tertiary/aromatic N) is 3. The van der Waals surface area contributed by atoms with Crippen LogP contribution < -0.4 is 15.5 Å². The Morgan fingerprint density at radius 1 is 1.27 bits per heavy atom. The molecule has 2 aliphatic heterocycles. The maximum atomic E-state index is 11.9. The zero-order valence-corrected chi connectivity index (χ0v) is 13.2. The monoisotopic (exact) mass is 303 g/mol. The maximum absolute atomic E-state index is 11.9. The molecule has 0 aliphatic carbocycles. The molecule has 0 radical (unpaired) electrons. The van der Waals surface area contributed by atoms with E-state index in [-0.39, 0.29) is 12.2 Å². The van der Waals surface area contributed by atoms with Gasteiger partial charge < -0.3 is 10.2 Å². The Kier molecular flexibility index (Phi) is 4.90. The highest BCUT2D eigenvalue weighted by Crippen LogP contribution is 2.15. The van der Waals surface area contributed by atoms with Gasteiger partial charge in [0.05, 0.1) is 0 Å². The van der Waals surface area contributed by atoms with Crippen LogP contribution in [0.25, 0.3) is 0 Å². The Morgan fingerprint density at radius 3 is 2.77 bits per heavy atom. The van der Waals surface area contributed by atoms with E-state index >= 15 is 0 Å². The van der Waals surface area contributed by atoms with Crippen molar-refractivity contribution in [3.8, 4) is 0 Å². The third-order valence-corrected chi connectivity index (χ3v) is 4.41. The van der Waals surface area contributed by atoms with Crippen molar-refractivity contribution >= 4 is 11.7 Å². The van der Waals surface area contributed by atoms with E-state index in [1.807, 2.05) is 24.4 Å². The molecule has 6 nitrogen and oxygen atoms in total. The van der Waals surface area contributed by atoms with Crippen LogP contribution in [-0.2, 0) is 4.79 Å². The van der Waals surface area contributed by atoms with Crippen molar-refractivity contribution in [2.24, 2.45) is 0 Å². The summed E-state index contributed by atoms with van der Waals surface area (Å²) in [5, 5.41) is 6.64. The molecule has 2 aliphatic rings. The summed E-state index contributed by atoms with van der Waals surface area (Å²) >= 11 is 0. The van der Waals surface area contributed by atoms with E-state index in [9.17, 15) is 4.79 Å². The zero-order chi connectivity index (χ0) is 15.4. The number of nitrogens with one attached hydrogen (secondary N) is 2. The Hall–Kier alpha value is -1.66. The van der Waals surface area contributed by atoms with Crippen LogP contribution in [0.3, 0.4) is 0 Å². The predicted molar refractivity (Wildman–Crippen MR) is 86.4 cm³/mol. The summed E-state index contributed by atoms with van der Waals surface area (Å²) in [6.45, 7) is 5.88. The molecule has 2 fully saturated rings. The highest BCUT2D eigenvalue weighted by Gasteiger charge is 2.31. The van der Waals surface area contributed by atoms with E-state index < -0.39 is 0 Å². The topological polar surface area (TPSA) is 60.5 Å². The molecule has 120 valence electrons. The second-order valence-electron chi connectivity index (χ2n) is 6.04. The van der Waals surface area contributed by atoms with Gasteiger partial charge in [0.2, 0.25) is 5.91 Å². The van der Waals surface area contributed by atoms with Gasteiger partial charge in [-0.3, -0.25) is 15.0 Å². The Bertz CT molecular complexity index is 487. The average molecular weight is 303 g/mol. The lowest BCUT2D eigenvalue weighted by Gasteiger charge is -2.43. The number of pyridine rings is 1. The molecule has 0 saturated carbocycles. The minimum Gasteiger partial charge on any atom is -0.354 e. The van der Waals surface area contributed by atoms with Crippen LogP contribution >= 0.6 is 0 Å². The summed E-state index contributed by atoms with van der Waals surface area (Å²) in [5.74, 6) is 1.20. The van der Waals surface area contributed by atoms with E-state index in [2.05, 4.69) is 32.3 Å². The minimum atomic E-state index is -0.0244. The van der Waals surface area contributed by atoms with Gasteiger partial charge in [-0.15, -0.1) is 0 Å². The number of aromatic nitrogens is 1. The van der Waals surface area contributed by atoms with Gasteiger partial charge in [-0.25, -0.2) is 4.98 Å². The first kappa shape index (κ1) is 15.2. The normalized spacial score (nSPS) is 26.8. The number of piperazine rings is 1. The molecule has 2 unspecified atom stereocenters. The SMILES string of the molecule is CCCC1CC(=O)NC(N2CCN(c3ccccn3)CC2)N1. The van der Waals surface area contributed by atoms with Crippen molar-refractivity contribution in [1.29, 1.82) is 0 Å². The first-order chi connectivity index (χ1) is 10.8. The second kappa shape index (κ2) is 7.07. The highest BCUT2D eigenvalue weighted by atomic mass is 16.2. The predicted octanol–water partition coefficient (Wildman–Crippen LogP) is 0.765. The molecule has 1 aromatic heterocycles. The fourth-order valence-electron chi connectivity index (χ4n) is 3.24. The molecule has 2 atom stereocenters. The molecule has 3 heterocycles. The Morgan fingerprint density at radius 2 is 2.09 bits per heavy atom. The summed E-state index contributed by atoms with van der Waals surface area (Å²) in [6.07, 6.45) is 4.56. The van der Waals surface area contributed by atoms with Crippen LogP contribution in [0.4, 0.5) is 5.82 Å². The number of anilines is 1. The van der Waals surface area contributed by atoms with Crippen LogP contribution in [-0.4, -0.2) is 54.3 Å². The molecular formula is C16H25N5O. The number of rotatable bonds is 4. The summed E-state index contributed by atoms with van der Waals surface area (Å²) in [6, 6.07) is 6.31. The number of carbonyl (C=O) groups excluding carboxylic acids is 1. The van der Waals surface area contributed by atoms with Crippen molar-refractivity contribution in [3.05, 3.63) is 24.4 Å². The number of carbonyl (C=O) groups is 1. The molecule has 1 aromatic rings. The molecular weight excluding hydrogens is 278 g/mol. The Labute approximate surface area is 131 Å². The summed E-state index contributed by atoms with van der Waals surface area (Å²) < 4.78 is 0. The summed E-state index contributed by atoms with van der Waals surface area (Å²) in [5.41, 5.74) is 0. The largest absolute Gasteiger partial charge is 0.354 e. The van der Waals surface area contributed by atoms with Gasteiger partial charge in [0, 0.05) is 44.8 Å². The van der Waals surface area contributed by atoms with Gasteiger partial charge in [-0.1, -0.05) is 19.4 Å². The van der Waals surface area contributed by atoms with Gasteiger partial charge >= 0.3 is 0 Å².